The van der Waals surface area contributed by atoms with Crippen molar-refractivity contribution in [1.29, 1.82) is 0 Å². The second kappa shape index (κ2) is 13.5. The Bertz CT molecular complexity index is 1220. The molecule has 0 radical (unpaired) electrons. The van der Waals surface area contributed by atoms with Crippen LogP contribution in [-0.2, 0) is 11.3 Å². The Balaban J connectivity index is 1.53. The van der Waals surface area contributed by atoms with E-state index in [-0.39, 0.29) is 12.5 Å². The number of ether oxygens (including phenoxy) is 1. The van der Waals surface area contributed by atoms with Gasteiger partial charge in [-0.05, 0) is 49.9 Å². The summed E-state index contributed by atoms with van der Waals surface area (Å²) in [6.45, 7) is 12.1. The third kappa shape index (κ3) is 7.34. The van der Waals surface area contributed by atoms with Gasteiger partial charge < -0.3 is 9.84 Å². The molecular weight excluding hydrogens is 490 g/mol. The quantitative estimate of drug-likeness (QED) is 0.238. The molecule has 1 aliphatic heterocycles. The smallest absolute Gasteiger partial charge is 0.303 e. The van der Waals surface area contributed by atoms with Crippen LogP contribution in [0.25, 0.3) is 11.4 Å². The highest BCUT2D eigenvalue weighted by molar-refractivity contribution is 5.66. The lowest BCUT2D eigenvalue weighted by Gasteiger charge is -2.47. The van der Waals surface area contributed by atoms with Gasteiger partial charge in [0.15, 0.2) is 5.82 Å². The molecule has 208 valence electrons. The van der Waals surface area contributed by atoms with Crippen molar-refractivity contribution < 1.29 is 14.6 Å². The number of hydrogen-bond donors (Lipinski definition) is 1. The second-order valence-electron chi connectivity index (χ2n) is 10.5. The Kier molecular flexibility index (Phi) is 9.90. The number of aromatic nitrogens is 3. The second-order valence-corrected chi connectivity index (χ2v) is 10.5. The number of carboxylic acid groups (broad SMARTS) is 1. The van der Waals surface area contributed by atoms with Gasteiger partial charge in [-0.1, -0.05) is 48.9 Å². The molecule has 39 heavy (non-hydrogen) atoms. The molecule has 8 heteroatoms. The number of rotatable bonds is 13. The maximum atomic E-state index is 10.7. The van der Waals surface area contributed by atoms with Crippen molar-refractivity contribution >= 4 is 5.97 Å². The molecule has 0 spiro atoms. The number of aryl methyl sites for hydroxylation is 1. The summed E-state index contributed by atoms with van der Waals surface area (Å²) in [5.41, 5.74) is 3.41. The first-order chi connectivity index (χ1) is 18.9. The van der Waals surface area contributed by atoms with Crippen molar-refractivity contribution in [2.24, 2.45) is 0 Å². The normalized spacial score (nSPS) is 19.1. The fourth-order valence-corrected chi connectivity index (χ4v) is 5.47. The van der Waals surface area contributed by atoms with Crippen molar-refractivity contribution in [3.63, 3.8) is 0 Å². The van der Waals surface area contributed by atoms with Gasteiger partial charge in [-0.2, -0.15) is 5.10 Å². The zero-order valence-corrected chi connectivity index (χ0v) is 23.4. The molecular formula is C31H41N5O3. The van der Waals surface area contributed by atoms with E-state index in [1.807, 2.05) is 16.8 Å². The molecule has 1 N–H and O–H groups in total. The van der Waals surface area contributed by atoms with Gasteiger partial charge in [0.1, 0.15) is 12.1 Å². The van der Waals surface area contributed by atoms with Gasteiger partial charge in [-0.3, -0.25) is 19.3 Å². The van der Waals surface area contributed by atoms with Crippen molar-refractivity contribution in [1.82, 2.24) is 24.6 Å². The first kappa shape index (κ1) is 28.5. The number of benzene rings is 2. The SMILES string of the molecule is C=CCN1C[C@H](C)N([C@H](c2ccc(-c3ncn(CCCCCC(=O)O)n3)cc2)c2cccc(OC)c2)C[C@H]1C. The van der Waals surface area contributed by atoms with Crippen LogP contribution in [0.5, 0.6) is 5.75 Å². The summed E-state index contributed by atoms with van der Waals surface area (Å²) >= 11 is 0. The van der Waals surface area contributed by atoms with Crippen molar-refractivity contribution in [2.45, 2.75) is 64.2 Å². The first-order valence-electron chi connectivity index (χ1n) is 13.9. The number of aliphatic carboxylic acids is 1. The number of unbranched alkanes of at least 4 members (excludes halogenated alkanes) is 2. The number of methoxy groups -OCH3 is 1. The summed E-state index contributed by atoms with van der Waals surface area (Å²) in [5.74, 6) is 0.817. The molecule has 1 aliphatic rings. The molecule has 1 fully saturated rings. The fourth-order valence-electron chi connectivity index (χ4n) is 5.47. The minimum Gasteiger partial charge on any atom is -0.497 e. The van der Waals surface area contributed by atoms with Crippen molar-refractivity contribution in [3.8, 4) is 17.1 Å². The highest BCUT2D eigenvalue weighted by Crippen LogP contribution is 2.35. The van der Waals surface area contributed by atoms with Crippen LogP contribution in [0.3, 0.4) is 0 Å². The van der Waals surface area contributed by atoms with Crippen LogP contribution in [0.2, 0.25) is 0 Å². The fraction of sp³-hybridized carbons (Fsp3) is 0.452. The van der Waals surface area contributed by atoms with E-state index in [1.54, 1.807) is 13.4 Å². The predicted molar refractivity (Wildman–Crippen MR) is 154 cm³/mol. The van der Waals surface area contributed by atoms with Gasteiger partial charge in [0.2, 0.25) is 0 Å². The lowest BCUT2D eigenvalue weighted by atomic mass is 9.92. The Morgan fingerprint density at radius 1 is 1.10 bits per heavy atom. The third-order valence-electron chi connectivity index (χ3n) is 7.57. The zero-order valence-electron chi connectivity index (χ0n) is 23.4. The Morgan fingerprint density at radius 3 is 2.62 bits per heavy atom. The molecule has 0 bridgehead atoms. The highest BCUT2D eigenvalue weighted by Gasteiger charge is 2.34. The van der Waals surface area contributed by atoms with Gasteiger partial charge in [-0.25, -0.2) is 4.98 Å². The minimum atomic E-state index is -0.742. The average molecular weight is 532 g/mol. The summed E-state index contributed by atoms with van der Waals surface area (Å²) < 4.78 is 7.42. The topological polar surface area (TPSA) is 83.7 Å². The molecule has 0 aliphatic carbocycles. The maximum Gasteiger partial charge on any atom is 0.303 e. The number of nitrogens with zero attached hydrogens (tertiary/aromatic N) is 5. The van der Waals surface area contributed by atoms with E-state index >= 15 is 0 Å². The monoisotopic (exact) mass is 531 g/mol. The largest absolute Gasteiger partial charge is 0.497 e. The average Bonchev–Trinajstić information content (AvgIpc) is 3.41. The van der Waals surface area contributed by atoms with Crippen LogP contribution >= 0.6 is 0 Å². The van der Waals surface area contributed by atoms with Gasteiger partial charge in [0, 0.05) is 50.2 Å². The molecule has 3 aromatic rings. The number of carbonyl (C=O) groups is 1. The van der Waals surface area contributed by atoms with E-state index in [4.69, 9.17) is 9.84 Å². The van der Waals surface area contributed by atoms with E-state index in [1.165, 1.54) is 11.1 Å². The summed E-state index contributed by atoms with van der Waals surface area (Å²) in [4.78, 5) is 20.3. The summed E-state index contributed by atoms with van der Waals surface area (Å²) in [6, 6.07) is 17.9. The molecule has 2 heterocycles. The summed E-state index contributed by atoms with van der Waals surface area (Å²) in [7, 11) is 1.71. The van der Waals surface area contributed by atoms with E-state index in [0.717, 1.165) is 50.3 Å². The van der Waals surface area contributed by atoms with E-state index in [9.17, 15) is 4.79 Å². The summed E-state index contributed by atoms with van der Waals surface area (Å²) in [5, 5.41) is 13.4. The van der Waals surface area contributed by atoms with Gasteiger partial charge >= 0.3 is 5.97 Å². The molecule has 8 nitrogen and oxygen atoms in total. The lowest BCUT2D eigenvalue weighted by Crippen LogP contribution is -2.57. The van der Waals surface area contributed by atoms with Gasteiger partial charge in [0.05, 0.1) is 13.2 Å². The number of piperazine rings is 1. The molecule has 0 unspecified atom stereocenters. The molecule has 1 aromatic heterocycles. The Hall–Kier alpha value is -3.49. The molecule has 3 atom stereocenters. The van der Waals surface area contributed by atoms with Crippen LogP contribution in [0.1, 0.15) is 56.7 Å². The standard InChI is InChI=1S/C31H41N5O3/c1-5-17-34-20-24(3)36(21-23(34)2)30(27-10-9-11-28(19-27)39-4)25-13-15-26(16-14-25)31-32-22-35(33-31)18-8-6-7-12-29(37)38/h5,9-11,13-16,19,22-24,30H,1,6-8,12,17-18,20-21H2,2-4H3,(H,37,38)/t23-,24+,30-/m1/s1. The van der Waals surface area contributed by atoms with E-state index < -0.39 is 5.97 Å². The third-order valence-corrected chi connectivity index (χ3v) is 7.57. The minimum absolute atomic E-state index is 0.0915. The van der Waals surface area contributed by atoms with Crippen LogP contribution in [0.15, 0.2) is 67.5 Å². The molecule has 2 aromatic carbocycles. The Labute approximate surface area is 231 Å². The van der Waals surface area contributed by atoms with E-state index in [2.05, 4.69) is 82.8 Å². The lowest BCUT2D eigenvalue weighted by molar-refractivity contribution is -0.137. The molecule has 1 saturated heterocycles. The van der Waals surface area contributed by atoms with Crippen LogP contribution in [0, 0.1) is 0 Å². The zero-order chi connectivity index (χ0) is 27.8. The number of hydrogen-bond acceptors (Lipinski definition) is 6. The van der Waals surface area contributed by atoms with Crippen molar-refractivity contribution in [3.05, 3.63) is 78.6 Å². The summed E-state index contributed by atoms with van der Waals surface area (Å²) in [6.07, 6.45) is 6.40. The van der Waals surface area contributed by atoms with Crippen LogP contribution in [-0.4, -0.2) is 74.5 Å². The van der Waals surface area contributed by atoms with Gasteiger partial charge in [0.25, 0.3) is 0 Å². The van der Waals surface area contributed by atoms with Gasteiger partial charge in [-0.15, -0.1) is 6.58 Å². The molecule has 0 saturated carbocycles. The predicted octanol–water partition coefficient (Wildman–Crippen LogP) is 5.27. The van der Waals surface area contributed by atoms with Crippen LogP contribution < -0.4 is 4.74 Å². The Morgan fingerprint density at radius 2 is 1.90 bits per heavy atom. The van der Waals surface area contributed by atoms with Crippen LogP contribution in [0.4, 0.5) is 0 Å². The molecule has 4 rings (SSSR count). The van der Waals surface area contributed by atoms with Crippen molar-refractivity contribution in [2.75, 3.05) is 26.7 Å². The number of carboxylic acids is 1. The first-order valence-corrected chi connectivity index (χ1v) is 13.9. The molecule has 0 amide bonds. The highest BCUT2D eigenvalue weighted by atomic mass is 16.5. The van der Waals surface area contributed by atoms with E-state index in [0.29, 0.717) is 24.3 Å². The maximum absolute atomic E-state index is 10.7.